The van der Waals surface area contributed by atoms with Crippen LogP contribution in [0.3, 0.4) is 0 Å². The lowest BCUT2D eigenvalue weighted by Gasteiger charge is -2.40. The van der Waals surface area contributed by atoms with E-state index in [1.54, 1.807) is 6.92 Å². The zero-order valence-corrected chi connectivity index (χ0v) is 10.6. The summed E-state index contributed by atoms with van der Waals surface area (Å²) in [6, 6.07) is -0.349. The Morgan fingerprint density at radius 2 is 1.94 bits per heavy atom. The SMILES string of the molecule is C[C@@H](C(O)CC1CC1)N(C(=O)O)C(C)(C)C. The van der Waals surface area contributed by atoms with Gasteiger partial charge in [-0.15, -0.1) is 0 Å². The largest absolute Gasteiger partial charge is 0.465 e. The minimum Gasteiger partial charge on any atom is -0.465 e. The van der Waals surface area contributed by atoms with Crippen molar-refractivity contribution in [1.29, 1.82) is 0 Å². The maximum absolute atomic E-state index is 11.2. The molecule has 0 radical (unpaired) electrons. The molecule has 0 aliphatic heterocycles. The molecule has 0 aromatic rings. The van der Waals surface area contributed by atoms with Crippen molar-refractivity contribution < 1.29 is 15.0 Å². The van der Waals surface area contributed by atoms with E-state index in [4.69, 9.17) is 0 Å². The zero-order chi connectivity index (χ0) is 12.5. The molecule has 1 rings (SSSR count). The van der Waals surface area contributed by atoms with Crippen LogP contribution in [0.25, 0.3) is 0 Å². The smallest absolute Gasteiger partial charge is 0.408 e. The molecule has 0 spiro atoms. The van der Waals surface area contributed by atoms with Gasteiger partial charge in [-0.3, -0.25) is 4.90 Å². The summed E-state index contributed by atoms with van der Waals surface area (Å²) in [5, 5.41) is 19.2. The normalized spacial score (nSPS) is 20.3. The summed E-state index contributed by atoms with van der Waals surface area (Å²) in [5.74, 6) is 0.605. The maximum Gasteiger partial charge on any atom is 0.408 e. The average Bonchev–Trinajstić information content (AvgIpc) is 2.84. The highest BCUT2D eigenvalue weighted by Crippen LogP contribution is 2.35. The van der Waals surface area contributed by atoms with E-state index in [0.29, 0.717) is 5.92 Å². The highest BCUT2D eigenvalue weighted by atomic mass is 16.4. The van der Waals surface area contributed by atoms with E-state index >= 15 is 0 Å². The fourth-order valence-corrected chi connectivity index (χ4v) is 2.14. The molecule has 94 valence electrons. The van der Waals surface area contributed by atoms with Gasteiger partial charge < -0.3 is 10.2 Å². The van der Waals surface area contributed by atoms with Gasteiger partial charge in [-0.2, -0.15) is 0 Å². The molecular weight excluding hydrogens is 206 g/mol. The van der Waals surface area contributed by atoms with E-state index in [1.807, 2.05) is 20.8 Å². The summed E-state index contributed by atoms with van der Waals surface area (Å²) in [6.07, 6.45) is 1.55. The maximum atomic E-state index is 11.2. The molecule has 1 fully saturated rings. The quantitative estimate of drug-likeness (QED) is 0.777. The molecule has 1 aliphatic carbocycles. The first-order valence-electron chi connectivity index (χ1n) is 5.94. The second-order valence-corrected chi connectivity index (χ2v) is 5.81. The predicted molar refractivity (Wildman–Crippen MR) is 62.4 cm³/mol. The minimum absolute atomic E-state index is 0.349. The fourth-order valence-electron chi connectivity index (χ4n) is 2.14. The summed E-state index contributed by atoms with van der Waals surface area (Å²) in [7, 11) is 0. The van der Waals surface area contributed by atoms with Crippen LogP contribution in [-0.2, 0) is 0 Å². The summed E-state index contributed by atoms with van der Waals surface area (Å²) < 4.78 is 0. The zero-order valence-electron chi connectivity index (χ0n) is 10.6. The summed E-state index contributed by atoms with van der Waals surface area (Å²) in [4.78, 5) is 12.6. The van der Waals surface area contributed by atoms with Gasteiger partial charge in [0.05, 0.1) is 12.1 Å². The Balaban J connectivity index is 2.65. The third-order valence-corrected chi connectivity index (χ3v) is 3.16. The van der Waals surface area contributed by atoms with E-state index in [-0.39, 0.29) is 6.04 Å². The molecule has 0 bridgehead atoms. The summed E-state index contributed by atoms with van der Waals surface area (Å²) >= 11 is 0. The molecule has 2 N–H and O–H groups in total. The van der Waals surface area contributed by atoms with E-state index in [1.165, 1.54) is 17.7 Å². The van der Waals surface area contributed by atoms with Gasteiger partial charge in [0.2, 0.25) is 0 Å². The Labute approximate surface area is 97.3 Å². The molecule has 16 heavy (non-hydrogen) atoms. The number of carboxylic acid groups (broad SMARTS) is 1. The van der Waals surface area contributed by atoms with Crippen molar-refractivity contribution in [3.63, 3.8) is 0 Å². The van der Waals surface area contributed by atoms with E-state index in [9.17, 15) is 15.0 Å². The van der Waals surface area contributed by atoms with Crippen molar-refractivity contribution in [2.75, 3.05) is 0 Å². The van der Waals surface area contributed by atoms with Crippen molar-refractivity contribution >= 4 is 6.09 Å². The van der Waals surface area contributed by atoms with E-state index in [2.05, 4.69) is 0 Å². The Morgan fingerprint density at radius 1 is 1.44 bits per heavy atom. The van der Waals surface area contributed by atoms with Gasteiger partial charge in [-0.1, -0.05) is 12.8 Å². The number of rotatable bonds is 4. The van der Waals surface area contributed by atoms with Crippen molar-refractivity contribution in [1.82, 2.24) is 4.90 Å². The third-order valence-electron chi connectivity index (χ3n) is 3.16. The second kappa shape index (κ2) is 4.62. The molecule has 1 saturated carbocycles. The van der Waals surface area contributed by atoms with Gasteiger partial charge in [-0.25, -0.2) is 4.79 Å². The molecule has 2 atom stereocenters. The van der Waals surface area contributed by atoms with Gasteiger partial charge in [0.25, 0.3) is 0 Å². The number of hydrogen-bond donors (Lipinski definition) is 2. The number of nitrogens with zero attached hydrogens (tertiary/aromatic N) is 1. The van der Waals surface area contributed by atoms with Crippen molar-refractivity contribution in [2.24, 2.45) is 5.92 Å². The summed E-state index contributed by atoms with van der Waals surface area (Å²) in [6.45, 7) is 7.33. The lowest BCUT2D eigenvalue weighted by molar-refractivity contribution is 0.00960. The van der Waals surface area contributed by atoms with Gasteiger partial charge in [0.15, 0.2) is 0 Å². The minimum atomic E-state index is -0.963. The molecule has 4 nitrogen and oxygen atoms in total. The number of aliphatic hydroxyl groups is 1. The van der Waals surface area contributed by atoms with Crippen LogP contribution in [0.15, 0.2) is 0 Å². The first-order valence-corrected chi connectivity index (χ1v) is 5.94. The number of carbonyl (C=O) groups is 1. The molecule has 1 aliphatic rings. The van der Waals surface area contributed by atoms with Gasteiger partial charge in [0.1, 0.15) is 0 Å². The van der Waals surface area contributed by atoms with Crippen LogP contribution >= 0.6 is 0 Å². The predicted octanol–water partition coefficient (Wildman–Crippen LogP) is 2.31. The average molecular weight is 229 g/mol. The van der Waals surface area contributed by atoms with Crippen LogP contribution in [0, 0.1) is 5.92 Å². The highest BCUT2D eigenvalue weighted by Gasteiger charge is 2.36. The second-order valence-electron chi connectivity index (χ2n) is 5.81. The van der Waals surface area contributed by atoms with Crippen LogP contribution in [0.2, 0.25) is 0 Å². The van der Waals surface area contributed by atoms with Crippen LogP contribution in [0.5, 0.6) is 0 Å². The van der Waals surface area contributed by atoms with Crippen LogP contribution in [0.1, 0.15) is 47.0 Å². The first kappa shape index (κ1) is 13.3. The van der Waals surface area contributed by atoms with Crippen LogP contribution in [-0.4, -0.2) is 38.9 Å². The Hall–Kier alpha value is -0.770. The molecule has 0 heterocycles. The topological polar surface area (TPSA) is 60.8 Å². The number of aliphatic hydroxyl groups excluding tert-OH is 1. The van der Waals surface area contributed by atoms with Crippen LogP contribution < -0.4 is 0 Å². The lowest BCUT2D eigenvalue weighted by atomic mass is 9.99. The van der Waals surface area contributed by atoms with Crippen molar-refractivity contribution in [2.45, 2.75) is 64.6 Å². The van der Waals surface area contributed by atoms with E-state index in [0.717, 1.165) is 6.42 Å². The van der Waals surface area contributed by atoms with Gasteiger partial charge in [0, 0.05) is 5.54 Å². The van der Waals surface area contributed by atoms with Crippen molar-refractivity contribution in [3.05, 3.63) is 0 Å². The Morgan fingerprint density at radius 3 is 2.25 bits per heavy atom. The molecule has 1 amide bonds. The molecule has 0 aromatic heterocycles. The number of amides is 1. The lowest BCUT2D eigenvalue weighted by Crippen LogP contribution is -2.54. The van der Waals surface area contributed by atoms with Crippen LogP contribution in [0.4, 0.5) is 4.79 Å². The van der Waals surface area contributed by atoms with E-state index < -0.39 is 17.7 Å². The van der Waals surface area contributed by atoms with Gasteiger partial charge >= 0.3 is 6.09 Å². The summed E-state index contributed by atoms with van der Waals surface area (Å²) in [5.41, 5.74) is -0.476. The highest BCUT2D eigenvalue weighted by molar-refractivity contribution is 5.66. The molecule has 1 unspecified atom stereocenters. The van der Waals surface area contributed by atoms with Crippen molar-refractivity contribution in [3.8, 4) is 0 Å². The first-order chi connectivity index (χ1) is 7.23. The molecule has 0 saturated heterocycles. The Bertz CT molecular complexity index is 255. The Kier molecular flexibility index (Phi) is 3.84. The standard InChI is InChI=1S/C12H23NO3/c1-8(10(14)7-9-5-6-9)13(11(15)16)12(2,3)4/h8-10,14H,5-7H2,1-4H3,(H,15,16)/t8-,10?/m0/s1. The number of hydrogen-bond acceptors (Lipinski definition) is 2. The molecular formula is C12H23NO3. The fraction of sp³-hybridized carbons (Fsp3) is 0.917. The third kappa shape index (κ3) is 3.37. The monoisotopic (exact) mass is 229 g/mol. The molecule has 0 aromatic carbocycles. The molecule has 4 heteroatoms. The van der Waals surface area contributed by atoms with Gasteiger partial charge in [-0.05, 0) is 40.0 Å².